The van der Waals surface area contributed by atoms with Crippen molar-refractivity contribution < 1.29 is 9.47 Å². The van der Waals surface area contributed by atoms with Crippen molar-refractivity contribution in [2.75, 3.05) is 19.8 Å². The SMILES string of the molecule is Cn1nncc1C(NN)C1COCCO1. The molecule has 1 aliphatic heterocycles. The zero-order chi connectivity index (χ0) is 10.7. The highest BCUT2D eigenvalue weighted by Crippen LogP contribution is 2.19. The van der Waals surface area contributed by atoms with Gasteiger partial charge in [0.15, 0.2) is 0 Å². The van der Waals surface area contributed by atoms with Crippen molar-refractivity contribution in [1.82, 2.24) is 20.4 Å². The first-order valence-electron chi connectivity index (χ1n) is 4.83. The first-order chi connectivity index (χ1) is 7.33. The van der Waals surface area contributed by atoms with Crippen LogP contribution in [0.4, 0.5) is 0 Å². The van der Waals surface area contributed by atoms with Crippen LogP contribution in [0.2, 0.25) is 0 Å². The van der Waals surface area contributed by atoms with Crippen LogP contribution in [0.25, 0.3) is 0 Å². The van der Waals surface area contributed by atoms with Gasteiger partial charge in [-0.2, -0.15) is 0 Å². The van der Waals surface area contributed by atoms with Gasteiger partial charge in [-0.1, -0.05) is 5.21 Å². The number of rotatable bonds is 3. The molecule has 0 saturated carbocycles. The Balaban J connectivity index is 2.12. The Bertz CT molecular complexity index is 310. The predicted octanol–water partition coefficient (Wildman–Crippen LogP) is -1.27. The fourth-order valence-electron chi connectivity index (χ4n) is 1.66. The minimum absolute atomic E-state index is 0.0963. The van der Waals surface area contributed by atoms with Crippen molar-refractivity contribution in [2.45, 2.75) is 12.1 Å². The average molecular weight is 213 g/mol. The lowest BCUT2D eigenvalue weighted by Crippen LogP contribution is -2.44. The van der Waals surface area contributed by atoms with Gasteiger partial charge in [-0.3, -0.25) is 10.5 Å². The molecule has 1 aromatic rings. The third kappa shape index (κ3) is 2.15. The third-order valence-electron chi connectivity index (χ3n) is 2.46. The second-order valence-electron chi connectivity index (χ2n) is 3.41. The molecule has 2 atom stereocenters. The summed E-state index contributed by atoms with van der Waals surface area (Å²) in [5.41, 5.74) is 3.59. The zero-order valence-corrected chi connectivity index (χ0v) is 8.59. The number of ether oxygens (including phenoxy) is 2. The number of aromatic nitrogens is 3. The number of nitrogens with zero attached hydrogens (tertiary/aromatic N) is 3. The quantitative estimate of drug-likeness (QED) is 0.481. The fourth-order valence-corrected chi connectivity index (χ4v) is 1.66. The number of hydrogen-bond acceptors (Lipinski definition) is 6. The van der Waals surface area contributed by atoms with Crippen molar-refractivity contribution in [3.8, 4) is 0 Å². The second-order valence-corrected chi connectivity index (χ2v) is 3.41. The second kappa shape index (κ2) is 4.67. The Hall–Kier alpha value is -1.02. The summed E-state index contributed by atoms with van der Waals surface area (Å²) < 4.78 is 12.6. The Labute approximate surface area is 87.5 Å². The van der Waals surface area contributed by atoms with E-state index in [0.717, 1.165) is 5.69 Å². The van der Waals surface area contributed by atoms with Crippen LogP contribution in [0, 0.1) is 0 Å². The molecule has 2 heterocycles. The Kier molecular flexibility index (Phi) is 3.27. The molecule has 3 N–H and O–H groups in total. The van der Waals surface area contributed by atoms with E-state index in [4.69, 9.17) is 15.3 Å². The first-order valence-corrected chi connectivity index (χ1v) is 4.83. The van der Waals surface area contributed by atoms with Gasteiger partial charge in [0.1, 0.15) is 6.10 Å². The smallest absolute Gasteiger partial charge is 0.103 e. The van der Waals surface area contributed by atoms with Crippen LogP contribution in [0.5, 0.6) is 0 Å². The highest BCUT2D eigenvalue weighted by molar-refractivity contribution is 5.04. The molecule has 0 aliphatic carbocycles. The Morgan fingerprint density at radius 2 is 2.53 bits per heavy atom. The lowest BCUT2D eigenvalue weighted by Gasteiger charge is -2.29. The van der Waals surface area contributed by atoms with E-state index >= 15 is 0 Å². The zero-order valence-electron chi connectivity index (χ0n) is 8.59. The standard InChI is InChI=1S/C8H15N5O2/c1-13-6(4-10-12-13)8(11-9)7-5-14-2-3-15-7/h4,7-8,11H,2-3,5,9H2,1H3. The van der Waals surface area contributed by atoms with E-state index in [-0.39, 0.29) is 12.1 Å². The van der Waals surface area contributed by atoms with Crippen LogP contribution >= 0.6 is 0 Å². The van der Waals surface area contributed by atoms with E-state index in [0.29, 0.717) is 19.8 Å². The summed E-state index contributed by atoms with van der Waals surface area (Å²) in [5.74, 6) is 5.51. The molecule has 84 valence electrons. The molecular weight excluding hydrogens is 198 g/mol. The summed E-state index contributed by atoms with van der Waals surface area (Å²) in [4.78, 5) is 0. The normalized spacial score (nSPS) is 24.0. The molecule has 2 rings (SSSR count). The molecule has 0 radical (unpaired) electrons. The maximum absolute atomic E-state index is 5.57. The number of nitrogens with one attached hydrogen (secondary N) is 1. The van der Waals surface area contributed by atoms with E-state index in [1.54, 1.807) is 10.9 Å². The van der Waals surface area contributed by atoms with Gasteiger partial charge in [-0.25, -0.2) is 5.43 Å². The van der Waals surface area contributed by atoms with Crippen LogP contribution in [0.15, 0.2) is 6.20 Å². The molecule has 15 heavy (non-hydrogen) atoms. The predicted molar refractivity (Wildman–Crippen MR) is 51.6 cm³/mol. The molecule has 7 heteroatoms. The monoisotopic (exact) mass is 213 g/mol. The highest BCUT2D eigenvalue weighted by Gasteiger charge is 2.28. The van der Waals surface area contributed by atoms with E-state index < -0.39 is 0 Å². The molecule has 0 aromatic carbocycles. The van der Waals surface area contributed by atoms with Gasteiger partial charge in [-0.05, 0) is 0 Å². The van der Waals surface area contributed by atoms with Crippen molar-refractivity contribution in [3.05, 3.63) is 11.9 Å². The molecule has 0 amide bonds. The molecule has 0 spiro atoms. The van der Waals surface area contributed by atoms with Crippen LogP contribution in [-0.2, 0) is 16.5 Å². The van der Waals surface area contributed by atoms with E-state index in [1.165, 1.54) is 0 Å². The van der Waals surface area contributed by atoms with E-state index in [2.05, 4.69) is 15.7 Å². The number of hydrogen-bond donors (Lipinski definition) is 2. The van der Waals surface area contributed by atoms with Crippen LogP contribution in [-0.4, -0.2) is 40.9 Å². The first kappa shape index (κ1) is 10.5. The van der Waals surface area contributed by atoms with Gasteiger partial charge >= 0.3 is 0 Å². The van der Waals surface area contributed by atoms with Gasteiger partial charge < -0.3 is 9.47 Å². The lowest BCUT2D eigenvalue weighted by molar-refractivity contribution is -0.103. The van der Waals surface area contributed by atoms with Crippen molar-refractivity contribution in [3.63, 3.8) is 0 Å². The lowest BCUT2D eigenvalue weighted by atomic mass is 10.1. The molecule has 1 saturated heterocycles. The van der Waals surface area contributed by atoms with Gasteiger partial charge in [0, 0.05) is 7.05 Å². The third-order valence-corrected chi connectivity index (χ3v) is 2.46. The summed E-state index contributed by atoms with van der Waals surface area (Å²) in [6.45, 7) is 1.76. The van der Waals surface area contributed by atoms with Crippen LogP contribution < -0.4 is 11.3 Å². The van der Waals surface area contributed by atoms with Crippen molar-refractivity contribution in [1.29, 1.82) is 0 Å². The van der Waals surface area contributed by atoms with Crippen LogP contribution in [0.1, 0.15) is 11.7 Å². The molecular formula is C8H15N5O2. The maximum Gasteiger partial charge on any atom is 0.103 e. The number of hydrazine groups is 1. The largest absolute Gasteiger partial charge is 0.376 e. The topological polar surface area (TPSA) is 87.2 Å². The van der Waals surface area contributed by atoms with Gasteiger partial charge in [-0.15, -0.1) is 5.10 Å². The Morgan fingerprint density at radius 1 is 1.67 bits per heavy atom. The van der Waals surface area contributed by atoms with Crippen molar-refractivity contribution in [2.24, 2.45) is 12.9 Å². The number of nitrogens with two attached hydrogens (primary N) is 1. The fraction of sp³-hybridized carbons (Fsp3) is 0.750. The number of aryl methyl sites for hydroxylation is 1. The summed E-state index contributed by atoms with van der Waals surface area (Å²) >= 11 is 0. The summed E-state index contributed by atoms with van der Waals surface area (Å²) in [6, 6.07) is -0.148. The molecule has 7 nitrogen and oxygen atoms in total. The summed E-state index contributed by atoms with van der Waals surface area (Å²) in [7, 11) is 1.82. The summed E-state index contributed by atoms with van der Waals surface area (Å²) in [6.07, 6.45) is 1.57. The van der Waals surface area contributed by atoms with Gasteiger partial charge in [0.05, 0.1) is 37.8 Å². The molecule has 1 aromatic heterocycles. The molecule has 0 bridgehead atoms. The summed E-state index contributed by atoms with van der Waals surface area (Å²) in [5, 5.41) is 7.66. The minimum atomic E-state index is -0.148. The Morgan fingerprint density at radius 3 is 3.07 bits per heavy atom. The van der Waals surface area contributed by atoms with Crippen LogP contribution in [0.3, 0.4) is 0 Å². The molecule has 2 unspecified atom stereocenters. The minimum Gasteiger partial charge on any atom is -0.376 e. The van der Waals surface area contributed by atoms with E-state index in [1.807, 2.05) is 7.05 Å². The van der Waals surface area contributed by atoms with Crippen molar-refractivity contribution >= 4 is 0 Å². The van der Waals surface area contributed by atoms with E-state index in [9.17, 15) is 0 Å². The van der Waals surface area contributed by atoms with Gasteiger partial charge in [0.2, 0.25) is 0 Å². The molecule has 1 aliphatic rings. The maximum atomic E-state index is 5.57. The highest BCUT2D eigenvalue weighted by atomic mass is 16.6. The average Bonchev–Trinajstić information content (AvgIpc) is 2.68. The van der Waals surface area contributed by atoms with Gasteiger partial charge in [0.25, 0.3) is 0 Å². The molecule has 1 fully saturated rings.